The van der Waals surface area contributed by atoms with Crippen LogP contribution < -0.4 is 11.1 Å². The van der Waals surface area contributed by atoms with E-state index in [4.69, 9.17) is 5.73 Å². The molecular weight excluding hydrogens is 587 g/mol. The zero-order chi connectivity index (χ0) is 32.3. The summed E-state index contributed by atoms with van der Waals surface area (Å²) in [4.78, 5) is 42.1. The second-order valence-electron chi connectivity index (χ2n) is 12.3. The SMILES string of the molecule is Cc1ccc(CCC2C[C@@H](C(=O)NCc3ccc4c(c3)nnn4C)N(C(=O)[C@H](N)CCC(=O)N3CCCC3C(F)(F)F)C2)cc1. The molecule has 10 nitrogen and oxygen atoms in total. The molecule has 3 N–H and O–H groups in total. The summed E-state index contributed by atoms with van der Waals surface area (Å²) in [6, 6.07) is 10.2. The van der Waals surface area contributed by atoms with E-state index in [9.17, 15) is 27.6 Å². The average Bonchev–Trinajstić information content (AvgIpc) is 3.76. The van der Waals surface area contributed by atoms with Crippen LogP contribution in [0.4, 0.5) is 13.2 Å². The van der Waals surface area contributed by atoms with Crippen LogP contribution in [-0.2, 0) is 34.4 Å². The van der Waals surface area contributed by atoms with E-state index in [2.05, 4.69) is 27.8 Å². The van der Waals surface area contributed by atoms with Gasteiger partial charge in [0.05, 0.1) is 11.6 Å². The molecule has 0 aliphatic carbocycles. The average molecular weight is 628 g/mol. The Kier molecular flexibility index (Phi) is 9.76. The highest BCUT2D eigenvalue weighted by Crippen LogP contribution is 2.33. The topological polar surface area (TPSA) is 126 Å². The van der Waals surface area contributed by atoms with Crippen molar-refractivity contribution >= 4 is 28.8 Å². The van der Waals surface area contributed by atoms with Crippen LogP contribution in [0.5, 0.6) is 0 Å². The van der Waals surface area contributed by atoms with Crippen LogP contribution in [0.15, 0.2) is 42.5 Å². The van der Waals surface area contributed by atoms with Crippen molar-refractivity contribution in [1.82, 2.24) is 30.1 Å². The molecule has 0 bridgehead atoms. The Hall–Kier alpha value is -4.00. The molecule has 3 amide bonds. The van der Waals surface area contributed by atoms with Gasteiger partial charge in [0.15, 0.2) is 0 Å². The first kappa shape index (κ1) is 32.4. The third kappa shape index (κ3) is 7.63. The number of nitrogens with two attached hydrogens (primary N) is 1. The number of amides is 3. The molecule has 1 aromatic heterocycles. The molecule has 242 valence electrons. The maximum absolute atomic E-state index is 13.6. The number of carbonyl (C=O) groups excluding carboxylic acids is 3. The Balaban J connectivity index is 1.23. The Morgan fingerprint density at radius 1 is 1.09 bits per heavy atom. The second kappa shape index (κ2) is 13.6. The van der Waals surface area contributed by atoms with Crippen LogP contribution in [0.2, 0.25) is 0 Å². The lowest BCUT2D eigenvalue weighted by atomic mass is 9.96. The monoisotopic (exact) mass is 627 g/mol. The van der Waals surface area contributed by atoms with Crippen molar-refractivity contribution < 1.29 is 27.6 Å². The fourth-order valence-electron chi connectivity index (χ4n) is 6.42. The smallest absolute Gasteiger partial charge is 0.350 e. The lowest BCUT2D eigenvalue weighted by Gasteiger charge is -2.28. The number of rotatable bonds is 10. The number of alkyl halides is 3. The van der Waals surface area contributed by atoms with Gasteiger partial charge in [0.1, 0.15) is 17.6 Å². The van der Waals surface area contributed by atoms with E-state index >= 15 is 0 Å². The van der Waals surface area contributed by atoms with Crippen LogP contribution in [0.1, 0.15) is 55.2 Å². The van der Waals surface area contributed by atoms with Gasteiger partial charge in [-0.25, -0.2) is 4.68 Å². The maximum Gasteiger partial charge on any atom is 0.408 e. The molecule has 2 saturated heterocycles. The minimum atomic E-state index is -4.49. The van der Waals surface area contributed by atoms with E-state index in [0.717, 1.165) is 34.4 Å². The molecule has 4 atom stereocenters. The second-order valence-corrected chi connectivity index (χ2v) is 12.3. The summed E-state index contributed by atoms with van der Waals surface area (Å²) in [5.74, 6) is -1.40. The van der Waals surface area contributed by atoms with Gasteiger partial charge in [-0.1, -0.05) is 41.1 Å². The van der Waals surface area contributed by atoms with Crippen molar-refractivity contribution in [1.29, 1.82) is 0 Å². The Morgan fingerprint density at radius 3 is 2.56 bits per heavy atom. The molecule has 13 heteroatoms. The Labute approximate surface area is 260 Å². The molecule has 0 saturated carbocycles. The number of nitrogens with zero attached hydrogens (tertiary/aromatic N) is 5. The van der Waals surface area contributed by atoms with Gasteiger partial charge >= 0.3 is 6.18 Å². The van der Waals surface area contributed by atoms with Crippen molar-refractivity contribution in [3.8, 4) is 0 Å². The fourth-order valence-corrected chi connectivity index (χ4v) is 6.42. The standard InChI is InChI=1S/C32H40F3N7O3/c1-20-5-7-21(8-6-20)9-10-23-17-27(30(44)37-18-22-11-13-26-25(16-22)38-39-40(26)2)42(19-23)31(45)24(36)12-14-29(43)41-15-3-4-28(41)32(33,34)35/h5-8,11,13,16,23-24,27-28H,3-4,9-10,12,14-15,17-19,36H2,1-2H3,(H,37,44)/t23?,24-,27+,28?/m1/s1. The summed E-state index contributed by atoms with van der Waals surface area (Å²) in [5.41, 5.74) is 11.0. The summed E-state index contributed by atoms with van der Waals surface area (Å²) >= 11 is 0. The summed E-state index contributed by atoms with van der Waals surface area (Å²) < 4.78 is 41.8. The van der Waals surface area contributed by atoms with Gasteiger partial charge in [-0.3, -0.25) is 14.4 Å². The summed E-state index contributed by atoms with van der Waals surface area (Å²) in [7, 11) is 1.80. The highest BCUT2D eigenvalue weighted by Gasteiger charge is 2.47. The Bertz CT molecular complexity index is 1520. The van der Waals surface area contributed by atoms with Gasteiger partial charge in [0, 0.05) is 33.1 Å². The molecule has 45 heavy (non-hydrogen) atoms. The molecule has 2 aromatic carbocycles. The van der Waals surface area contributed by atoms with Crippen LogP contribution >= 0.6 is 0 Å². The number of halogens is 3. The van der Waals surface area contributed by atoms with Crippen molar-refractivity contribution in [2.75, 3.05) is 13.1 Å². The predicted octanol–water partition coefficient (Wildman–Crippen LogP) is 3.40. The predicted molar refractivity (Wildman–Crippen MR) is 161 cm³/mol. The van der Waals surface area contributed by atoms with Gasteiger partial charge in [-0.05, 0) is 74.6 Å². The van der Waals surface area contributed by atoms with Crippen molar-refractivity contribution in [2.24, 2.45) is 18.7 Å². The van der Waals surface area contributed by atoms with E-state index < -0.39 is 36.1 Å². The van der Waals surface area contributed by atoms with Gasteiger partial charge in [0.25, 0.3) is 0 Å². The Morgan fingerprint density at radius 2 is 1.82 bits per heavy atom. The third-order valence-electron chi connectivity index (χ3n) is 9.01. The first-order valence-electron chi connectivity index (χ1n) is 15.4. The maximum atomic E-state index is 13.6. The van der Waals surface area contributed by atoms with Crippen LogP contribution in [0.3, 0.4) is 0 Å². The zero-order valence-electron chi connectivity index (χ0n) is 25.6. The lowest BCUT2D eigenvalue weighted by molar-refractivity contribution is -0.182. The van der Waals surface area contributed by atoms with E-state index in [1.54, 1.807) is 11.7 Å². The number of nitrogens with one attached hydrogen (secondary N) is 1. The first-order chi connectivity index (χ1) is 21.4. The van der Waals surface area contributed by atoms with Crippen LogP contribution in [-0.4, -0.2) is 79.9 Å². The normalized spacial score (nSPS) is 21.0. The number of aryl methyl sites for hydroxylation is 3. The molecule has 2 unspecified atom stereocenters. The molecule has 0 radical (unpaired) electrons. The van der Waals surface area contributed by atoms with E-state index in [1.807, 2.05) is 37.3 Å². The number of fused-ring (bicyclic) bond motifs is 1. The van der Waals surface area contributed by atoms with Gasteiger partial charge < -0.3 is 20.9 Å². The van der Waals surface area contributed by atoms with E-state index in [1.165, 1.54) is 10.5 Å². The highest BCUT2D eigenvalue weighted by atomic mass is 19.4. The molecule has 5 rings (SSSR count). The van der Waals surface area contributed by atoms with Crippen molar-refractivity contribution in [2.45, 2.75) is 82.7 Å². The van der Waals surface area contributed by atoms with E-state index in [-0.39, 0.29) is 50.6 Å². The molecule has 2 aliphatic rings. The molecule has 0 spiro atoms. The summed E-state index contributed by atoms with van der Waals surface area (Å²) in [6.45, 7) is 2.62. The van der Waals surface area contributed by atoms with Gasteiger partial charge in [-0.15, -0.1) is 5.10 Å². The number of carbonyl (C=O) groups is 3. The van der Waals surface area contributed by atoms with Gasteiger partial charge in [-0.2, -0.15) is 13.2 Å². The van der Waals surface area contributed by atoms with E-state index in [0.29, 0.717) is 18.5 Å². The number of benzene rings is 2. The zero-order valence-corrected chi connectivity index (χ0v) is 25.6. The molecular formula is C32H40F3N7O3. The first-order valence-corrected chi connectivity index (χ1v) is 15.4. The van der Waals surface area contributed by atoms with Crippen molar-refractivity contribution in [3.63, 3.8) is 0 Å². The summed E-state index contributed by atoms with van der Waals surface area (Å²) in [6.07, 6.45) is -2.70. The van der Waals surface area contributed by atoms with Gasteiger partial charge in [0.2, 0.25) is 17.7 Å². The quantitative estimate of drug-likeness (QED) is 0.355. The minimum absolute atomic E-state index is 0.0347. The fraction of sp³-hybridized carbons (Fsp3) is 0.531. The number of likely N-dealkylation sites (tertiary alicyclic amines) is 2. The molecule has 3 aromatic rings. The number of hydrogen-bond donors (Lipinski definition) is 2. The molecule has 2 fully saturated rings. The molecule has 3 heterocycles. The summed E-state index contributed by atoms with van der Waals surface area (Å²) in [5, 5.41) is 11.1. The van der Waals surface area contributed by atoms with Crippen LogP contribution in [0.25, 0.3) is 11.0 Å². The lowest BCUT2D eigenvalue weighted by Crippen LogP contribution is -2.51. The van der Waals surface area contributed by atoms with Crippen LogP contribution in [0, 0.1) is 12.8 Å². The van der Waals surface area contributed by atoms with Crippen molar-refractivity contribution in [3.05, 3.63) is 59.2 Å². The largest absolute Gasteiger partial charge is 0.408 e. The molecule has 2 aliphatic heterocycles. The third-order valence-corrected chi connectivity index (χ3v) is 9.01. The minimum Gasteiger partial charge on any atom is -0.350 e. The highest BCUT2D eigenvalue weighted by molar-refractivity contribution is 5.91. The number of hydrogen-bond acceptors (Lipinski definition) is 6. The number of aromatic nitrogens is 3.